The number of hydrogen-bond donors (Lipinski definition) is 2. The average Bonchev–Trinajstić information content (AvgIpc) is 2.79. The Hall–Kier alpha value is -1.36. The van der Waals surface area contributed by atoms with Gasteiger partial charge in [-0.05, 0) is 39.0 Å². The molecule has 1 fully saturated rings. The molecule has 5 heteroatoms. The zero-order valence-electron chi connectivity index (χ0n) is 11.0. The van der Waals surface area contributed by atoms with E-state index < -0.39 is 5.60 Å². The fourth-order valence-electron chi connectivity index (χ4n) is 2.69. The first-order valence-electron chi connectivity index (χ1n) is 6.59. The summed E-state index contributed by atoms with van der Waals surface area (Å²) in [6, 6.07) is 0. The highest BCUT2D eigenvalue weighted by Gasteiger charge is 2.39. The number of hydrogen-bond acceptors (Lipinski definition) is 4. The van der Waals surface area contributed by atoms with Gasteiger partial charge >= 0.3 is 0 Å². The molecule has 0 aliphatic heterocycles. The second-order valence-electron chi connectivity index (χ2n) is 4.70. The smallest absolute Gasteiger partial charge is 0.258 e. The molecule has 2 rings (SSSR count). The molecule has 1 aromatic heterocycles. The van der Waals surface area contributed by atoms with Crippen molar-refractivity contribution in [2.24, 2.45) is 0 Å². The number of aromatic amines is 1. The summed E-state index contributed by atoms with van der Waals surface area (Å²) in [4.78, 5) is 18.8. The van der Waals surface area contributed by atoms with Gasteiger partial charge in [-0.3, -0.25) is 4.79 Å². The molecule has 0 amide bonds. The summed E-state index contributed by atoms with van der Waals surface area (Å²) in [5.41, 5.74) is -0.438. The summed E-state index contributed by atoms with van der Waals surface area (Å²) >= 11 is 0. The Bertz CT molecular complexity index is 476. The third-order valence-electron chi connectivity index (χ3n) is 3.61. The second-order valence-corrected chi connectivity index (χ2v) is 4.70. The lowest BCUT2D eigenvalue weighted by molar-refractivity contribution is -0.0462. The van der Waals surface area contributed by atoms with Gasteiger partial charge in [0.1, 0.15) is 11.4 Å². The number of rotatable bonds is 4. The maximum atomic E-state index is 11.9. The van der Waals surface area contributed by atoms with Crippen molar-refractivity contribution in [1.82, 2.24) is 9.97 Å². The first-order valence-corrected chi connectivity index (χ1v) is 6.59. The lowest BCUT2D eigenvalue weighted by Gasteiger charge is -2.27. The van der Waals surface area contributed by atoms with E-state index in [4.69, 9.17) is 4.74 Å². The fourth-order valence-corrected chi connectivity index (χ4v) is 2.69. The van der Waals surface area contributed by atoms with Gasteiger partial charge in [-0.2, -0.15) is 4.98 Å². The number of H-pyrrole nitrogens is 1. The van der Waals surface area contributed by atoms with Crippen molar-refractivity contribution in [3.05, 3.63) is 21.7 Å². The first kappa shape index (κ1) is 13.1. The number of aromatic hydroxyl groups is 1. The molecule has 0 unspecified atom stereocenters. The minimum atomic E-state index is -0.516. The van der Waals surface area contributed by atoms with Gasteiger partial charge < -0.3 is 14.8 Å². The highest BCUT2D eigenvalue weighted by Crippen LogP contribution is 2.40. The number of nitrogens with zero attached hydrogens (tertiary/aromatic N) is 1. The Morgan fingerprint density at radius 2 is 2.06 bits per heavy atom. The molecule has 1 aliphatic rings. The maximum Gasteiger partial charge on any atom is 0.258 e. The van der Waals surface area contributed by atoms with Crippen LogP contribution in [-0.4, -0.2) is 21.7 Å². The summed E-state index contributed by atoms with van der Waals surface area (Å²) in [7, 11) is 0. The minimum absolute atomic E-state index is 0.165. The molecule has 18 heavy (non-hydrogen) atoms. The van der Waals surface area contributed by atoms with E-state index in [1.54, 1.807) is 0 Å². The van der Waals surface area contributed by atoms with Gasteiger partial charge in [-0.25, -0.2) is 0 Å². The lowest BCUT2D eigenvalue weighted by atomic mass is 10.0. The molecule has 1 aliphatic carbocycles. The molecular formula is C13H20N2O3. The van der Waals surface area contributed by atoms with Crippen molar-refractivity contribution >= 4 is 0 Å². The molecule has 0 spiro atoms. The van der Waals surface area contributed by atoms with Crippen LogP contribution < -0.4 is 5.56 Å². The van der Waals surface area contributed by atoms with Crippen molar-refractivity contribution in [1.29, 1.82) is 0 Å². The van der Waals surface area contributed by atoms with Crippen LogP contribution in [-0.2, 0) is 16.8 Å². The quantitative estimate of drug-likeness (QED) is 0.857. The van der Waals surface area contributed by atoms with Crippen LogP contribution in [0.4, 0.5) is 0 Å². The molecular weight excluding hydrogens is 232 g/mol. The topological polar surface area (TPSA) is 75.2 Å². The van der Waals surface area contributed by atoms with Gasteiger partial charge in [0.2, 0.25) is 5.88 Å². The van der Waals surface area contributed by atoms with Crippen LogP contribution in [0.15, 0.2) is 4.79 Å². The van der Waals surface area contributed by atoms with E-state index in [9.17, 15) is 9.90 Å². The van der Waals surface area contributed by atoms with E-state index in [0.29, 0.717) is 24.4 Å². The number of aromatic nitrogens is 2. The van der Waals surface area contributed by atoms with Crippen molar-refractivity contribution in [3.63, 3.8) is 0 Å². The van der Waals surface area contributed by atoms with Gasteiger partial charge in [0, 0.05) is 6.61 Å². The van der Waals surface area contributed by atoms with Crippen molar-refractivity contribution in [3.8, 4) is 5.88 Å². The van der Waals surface area contributed by atoms with Gasteiger partial charge in [0.15, 0.2) is 0 Å². The van der Waals surface area contributed by atoms with Gasteiger partial charge in [0.25, 0.3) is 5.56 Å². The van der Waals surface area contributed by atoms with E-state index in [0.717, 1.165) is 25.7 Å². The highest BCUT2D eigenvalue weighted by molar-refractivity contribution is 5.24. The Kier molecular flexibility index (Phi) is 3.71. The van der Waals surface area contributed by atoms with E-state index in [1.165, 1.54) is 0 Å². The predicted molar refractivity (Wildman–Crippen MR) is 67.7 cm³/mol. The molecule has 100 valence electrons. The van der Waals surface area contributed by atoms with E-state index >= 15 is 0 Å². The number of nitrogens with one attached hydrogen (secondary N) is 1. The van der Waals surface area contributed by atoms with Crippen molar-refractivity contribution < 1.29 is 9.84 Å². The standard InChI is InChI=1S/C13H20N2O3/c1-3-9-10(16)14-12(15-11(9)17)13(18-4-2)7-5-6-8-13/h3-8H2,1-2H3,(H2,14,15,16,17). The SMILES string of the molecule is CCOC1(c2nc(O)c(CC)c(=O)[nH]2)CCCC1. The molecule has 0 bridgehead atoms. The van der Waals surface area contributed by atoms with Gasteiger partial charge in [-0.15, -0.1) is 0 Å². The molecule has 0 atom stereocenters. The van der Waals surface area contributed by atoms with E-state index in [-0.39, 0.29) is 11.4 Å². The third kappa shape index (κ3) is 2.14. The van der Waals surface area contributed by atoms with Gasteiger partial charge in [-0.1, -0.05) is 6.92 Å². The Morgan fingerprint density at radius 1 is 1.39 bits per heavy atom. The second kappa shape index (κ2) is 5.10. The van der Waals surface area contributed by atoms with Crippen LogP contribution in [0, 0.1) is 0 Å². The van der Waals surface area contributed by atoms with Crippen LogP contribution in [0.1, 0.15) is 50.9 Å². The van der Waals surface area contributed by atoms with E-state index in [1.807, 2.05) is 13.8 Å². The summed E-state index contributed by atoms with van der Waals surface area (Å²) in [5, 5.41) is 9.83. The largest absolute Gasteiger partial charge is 0.493 e. The maximum absolute atomic E-state index is 11.9. The molecule has 0 aromatic carbocycles. The zero-order valence-corrected chi connectivity index (χ0v) is 11.0. The Balaban J connectivity index is 2.46. The lowest BCUT2D eigenvalue weighted by Crippen LogP contribution is -2.32. The summed E-state index contributed by atoms with van der Waals surface area (Å²) < 4.78 is 5.82. The minimum Gasteiger partial charge on any atom is -0.493 e. The first-order chi connectivity index (χ1) is 8.63. The monoisotopic (exact) mass is 252 g/mol. The Morgan fingerprint density at radius 3 is 2.56 bits per heavy atom. The zero-order chi connectivity index (χ0) is 13.2. The van der Waals surface area contributed by atoms with Crippen LogP contribution in [0.3, 0.4) is 0 Å². The number of ether oxygens (including phenoxy) is 1. The molecule has 1 saturated carbocycles. The molecule has 1 heterocycles. The molecule has 1 aromatic rings. The predicted octanol–water partition coefficient (Wildman–Crippen LogP) is 1.84. The summed E-state index contributed by atoms with van der Waals surface area (Å²) in [5.74, 6) is 0.309. The van der Waals surface area contributed by atoms with Crippen LogP contribution in [0.5, 0.6) is 5.88 Å². The van der Waals surface area contributed by atoms with Crippen molar-refractivity contribution in [2.75, 3.05) is 6.61 Å². The third-order valence-corrected chi connectivity index (χ3v) is 3.61. The molecule has 2 N–H and O–H groups in total. The summed E-state index contributed by atoms with van der Waals surface area (Å²) in [6.45, 7) is 4.32. The summed E-state index contributed by atoms with van der Waals surface area (Å²) in [6.07, 6.45) is 4.26. The van der Waals surface area contributed by atoms with E-state index in [2.05, 4.69) is 9.97 Å². The molecule has 5 nitrogen and oxygen atoms in total. The van der Waals surface area contributed by atoms with Crippen molar-refractivity contribution in [2.45, 2.75) is 51.6 Å². The normalized spacial score (nSPS) is 18.1. The van der Waals surface area contributed by atoms with Crippen LogP contribution >= 0.6 is 0 Å². The molecule has 0 radical (unpaired) electrons. The van der Waals surface area contributed by atoms with Crippen LogP contribution in [0.2, 0.25) is 0 Å². The van der Waals surface area contributed by atoms with Gasteiger partial charge in [0.05, 0.1) is 5.56 Å². The highest BCUT2D eigenvalue weighted by atomic mass is 16.5. The average molecular weight is 252 g/mol. The fraction of sp³-hybridized carbons (Fsp3) is 0.692. The molecule has 0 saturated heterocycles. The Labute approximate surface area is 106 Å². The van der Waals surface area contributed by atoms with Crippen LogP contribution in [0.25, 0.3) is 0 Å².